The summed E-state index contributed by atoms with van der Waals surface area (Å²) < 4.78 is 5.37. The van der Waals surface area contributed by atoms with Crippen LogP contribution in [0.5, 0.6) is 5.75 Å². The first-order valence-electron chi connectivity index (χ1n) is 8.95. The summed E-state index contributed by atoms with van der Waals surface area (Å²) in [5.74, 6) is 1.34. The minimum absolute atomic E-state index is 0.0579. The summed E-state index contributed by atoms with van der Waals surface area (Å²) in [6.07, 6.45) is 4.98. The standard InChI is InChI=1S/C20H21N5O2/c1-13-5-7-17(27-2)15(12-13)23-20(26)16-4-3-11-25(16)18-8-6-14-19(24-18)22-10-9-21-14/h5-10,12,16H,3-4,11H2,1-2H3,(H,23,26). The van der Waals surface area contributed by atoms with Crippen molar-refractivity contribution in [2.24, 2.45) is 0 Å². The van der Waals surface area contributed by atoms with Gasteiger partial charge in [0, 0.05) is 18.9 Å². The van der Waals surface area contributed by atoms with Crippen molar-refractivity contribution in [3.8, 4) is 5.75 Å². The molecule has 1 fully saturated rings. The van der Waals surface area contributed by atoms with E-state index in [2.05, 4.69) is 20.3 Å². The number of ether oxygens (including phenoxy) is 1. The zero-order chi connectivity index (χ0) is 18.8. The second kappa shape index (κ2) is 7.19. The highest BCUT2D eigenvalue weighted by Gasteiger charge is 2.32. The third-order valence-electron chi connectivity index (χ3n) is 4.78. The molecule has 1 unspecified atom stereocenters. The van der Waals surface area contributed by atoms with E-state index < -0.39 is 0 Å². The molecule has 7 nitrogen and oxygen atoms in total. The van der Waals surface area contributed by atoms with Gasteiger partial charge >= 0.3 is 0 Å². The number of anilines is 2. The molecular weight excluding hydrogens is 342 g/mol. The van der Waals surface area contributed by atoms with E-state index in [0.717, 1.165) is 36.3 Å². The predicted molar refractivity (Wildman–Crippen MR) is 104 cm³/mol. The molecule has 2 aromatic heterocycles. The van der Waals surface area contributed by atoms with Gasteiger partial charge in [-0.1, -0.05) is 6.07 Å². The van der Waals surface area contributed by atoms with E-state index in [1.165, 1.54) is 0 Å². The summed E-state index contributed by atoms with van der Waals surface area (Å²) in [6.45, 7) is 2.76. The predicted octanol–water partition coefficient (Wildman–Crippen LogP) is 2.95. The van der Waals surface area contributed by atoms with Crippen LogP contribution in [0, 0.1) is 6.92 Å². The van der Waals surface area contributed by atoms with E-state index >= 15 is 0 Å². The van der Waals surface area contributed by atoms with Crippen LogP contribution in [0.15, 0.2) is 42.7 Å². The third kappa shape index (κ3) is 3.40. The van der Waals surface area contributed by atoms with E-state index in [1.807, 2.05) is 42.2 Å². The maximum absolute atomic E-state index is 13.0. The molecule has 1 aromatic carbocycles. The first-order valence-corrected chi connectivity index (χ1v) is 8.95. The fraction of sp³-hybridized carbons (Fsp3) is 0.300. The zero-order valence-electron chi connectivity index (χ0n) is 15.3. The Labute approximate surface area is 157 Å². The Balaban J connectivity index is 1.59. The number of hydrogen-bond donors (Lipinski definition) is 1. The van der Waals surface area contributed by atoms with Gasteiger partial charge in [0.25, 0.3) is 0 Å². The Bertz CT molecular complexity index is 991. The van der Waals surface area contributed by atoms with E-state index in [0.29, 0.717) is 17.1 Å². The van der Waals surface area contributed by atoms with E-state index in [1.54, 1.807) is 19.5 Å². The quantitative estimate of drug-likeness (QED) is 0.768. The number of nitrogens with zero attached hydrogens (tertiary/aromatic N) is 4. The Kier molecular flexibility index (Phi) is 4.58. The molecule has 7 heteroatoms. The summed E-state index contributed by atoms with van der Waals surface area (Å²) in [5, 5.41) is 3.02. The summed E-state index contributed by atoms with van der Waals surface area (Å²) >= 11 is 0. The van der Waals surface area contributed by atoms with Crippen LogP contribution in [0.2, 0.25) is 0 Å². The van der Waals surface area contributed by atoms with Crippen molar-refractivity contribution in [3.05, 3.63) is 48.3 Å². The van der Waals surface area contributed by atoms with Crippen molar-refractivity contribution in [1.29, 1.82) is 0 Å². The maximum Gasteiger partial charge on any atom is 0.247 e. The van der Waals surface area contributed by atoms with Gasteiger partial charge in [-0.2, -0.15) is 0 Å². The summed E-state index contributed by atoms with van der Waals surface area (Å²) in [4.78, 5) is 28.1. The third-order valence-corrected chi connectivity index (χ3v) is 4.78. The first kappa shape index (κ1) is 17.2. The number of fused-ring (bicyclic) bond motifs is 1. The number of carbonyl (C=O) groups is 1. The highest BCUT2D eigenvalue weighted by Crippen LogP contribution is 2.29. The molecule has 0 radical (unpaired) electrons. The Morgan fingerprint density at radius 1 is 1.22 bits per heavy atom. The lowest BCUT2D eigenvalue weighted by atomic mass is 10.1. The fourth-order valence-corrected chi connectivity index (χ4v) is 3.45. The van der Waals surface area contributed by atoms with E-state index in [4.69, 9.17) is 4.74 Å². The van der Waals surface area contributed by atoms with Gasteiger partial charge in [-0.05, 0) is 49.6 Å². The molecule has 1 aliphatic rings. The summed E-state index contributed by atoms with van der Waals surface area (Å²) in [5.41, 5.74) is 3.07. The number of aryl methyl sites for hydroxylation is 1. The molecule has 0 saturated carbocycles. The lowest BCUT2D eigenvalue weighted by molar-refractivity contribution is -0.117. The number of nitrogens with one attached hydrogen (secondary N) is 1. The van der Waals surface area contributed by atoms with Crippen molar-refractivity contribution in [3.63, 3.8) is 0 Å². The van der Waals surface area contributed by atoms with Gasteiger partial charge in [-0.3, -0.25) is 9.78 Å². The van der Waals surface area contributed by atoms with Crippen LogP contribution in [0.25, 0.3) is 11.2 Å². The molecule has 1 saturated heterocycles. The molecule has 4 rings (SSSR count). The second-order valence-corrected chi connectivity index (χ2v) is 6.61. The average Bonchev–Trinajstić information content (AvgIpc) is 3.18. The van der Waals surface area contributed by atoms with Crippen LogP contribution in [0.4, 0.5) is 11.5 Å². The Morgan fingerprint density at radius 3 is 2.93 bits per heavy atom. The number of pyridine rings is 1. The minimum atomic E-state index is -0.281. The molecule has 138 valence electrons. The lowest BCUT2D eigenvalue weighted by Gasteiger charge is -2.25. The molecule has 3 heterocycles. The highest BCUT2D eigenvalue weighted by molar-refractivity contribution is 5.98. The lowest BCUT2D eigenvalue weighted by Crippen LogP contribution is -2.40. The molecule has 1 aliphatic heterocycles. The van der Waals surface area contributed by atoms with E-state index in [-0.39, 0.29) is 11.9 Å². The second-order valence-electron chi connectivity index (χ2n) is 6.61. The van der Waals surface area contributed by atoms with Crippen LogP contribution in [-0.4, -0.2) is 40.6 Å². The van der Waals surface area contributed by atoms with Gasteiger partial charge in [-0.15, -0.1) is 0 Å². The zero-order valence-corrected chi connectivity index (χ0v) is 15.3. The molecule has 1 atom stereocenters. The number of benzene rings is 1. The number of methoxy groups -OCH3 is 1. The van der Waals surface area contributed by atoms with Crippen LogP contribution < -0.4 is 15.0 Å². The Hall–Kier alpha value is -3.22. The van der Waals surface area contributed by atoms with Crippen molar-refractivity contribution >= 4 is 28.6 Å². The van der Waals surface area contributed by atoms with Crippen molar-refractivity contribution < 1.29 is 9.53 Å². The molecular formula is C20H21N5O2. The van der Waals surface area contributed by atoms with Crippen LogP contribution in [0.1, 0.15) is 18.4 Å². The first-order chi connectivity index (χ1) is 13.2. The van der Waals surface area contributed by atoms with Gasteiger partial charge in [0.15, 0.2) is 5.65 Å². The summed E-state index contributed by atoms with van der Waals surface area (Å²) in [6, 6.07) is 9.24. The van der Waals surface area contributed by atoms with Gasteiger partial charge in [0.2, 0.25) is 5.91 Å². The highest BCUT2D eigenvalue weighted by atomic mass is 16.5. The number of rotatable bonds is 4. The number of aromatic nitrogens is 3. The minimum Gasteiger partial charge on any atom is -0.495 e. The number of carbonyl (C=O) groups excluding carboxylic acids is 1. The van der Waals surface area contributed by atoms with Crippen LogP contribution in [0.3, 0.4) is 0 Å². The van der Waals surface area contributed by atoms with Gasteiger partial charge in [-0.25, -0.2) is 9.97 Å². The topological polar surface area (TPSA) is 80.2 Å². The molecule has 0 bridgehead atoms. The van der Waals surface area contributed by atoms with Crippen LogP contribution >= 0.6 is 0 Å². The number of hydrogen-bond acceptors (Lipinski definition) is 6. The molecule has 0 aliphatic carbocycles. The Morgan fingerprint density at radius 2 is 2.07 bits per heavy atom. The van der Waals surface area contributed by atoms with Gasteiger partial charge < -0.3 is 15.0 Å². The van der Waals surface area contributed by atoms with Gasteiger partial charge in [0.1, 0.15) is 23.1 Å². The molecule has 3 aromatic rings. The summed E-state index contributed by atoms with van der Waals surface area (Å²) in [7, 11) is 1.60. The largest absolute Gasteiger partial charge is 0.495 e. The van der Waals surface area contributed by atoms with Crippen molar-refractivity contribution in [2.45, 2.75) is 25.8 Å². The fourth-order valence-electron chi connectivity index (χ4n) is 3.45. The van der Waals surface area contributed by atoms with Gasteiger partial charge in [0.05, 0.1) is 12.8 Å². The van der Waals surface area contributed by atoms with Crippen LogP contribution in [-0.2, 0) is 4.79 Å². The van der Waals surface area contributed by atoms with E-state index in [9.17, 15) is 4.79 Å². The van der Waals surface area contributed by atoms with Crippen molar-refractivity contribution in [1.82, 2.24) is 15.0 Å². The average molecular weight is 363 g/mol. The molecule has 1 amide bonds. The molecule has 27 heavy (non-hydrogen) atoms. The molecule has 0 spiro atoms. The molecule has 1 N–H and O–H groups in total. The number of amides is 1. The SMILES string of the molecule is COc1ccc(C)cc1NC(=O)C1CCCN1c1ccc2nccnc2n1. The smallest absolute Gasteiger partial charge is 0.247 e. The maximum atomic E-state index is 13.0. The van der Waals surface area contributed by atoms with Crippen molar-refractivity contribution in [2.75, 3.05) is 23.9 Å². The normalized spacial score (nSPS) is 16.5. The monoisotopic (exact) mass is 363 g/mol.